The van der Waals surface area contributed by atoms with Gasteiger partial charge in [0.05, 0.1) is 12.7 Å². The monoisotopic (exact) mass is 193 g/mol. The summed E-state index contributed by atoms with van der Waals surface area (Å²) in [6, 6.07) is 0. The molecule has 0 aromatic carbocycles. The SMILES string of the molecule is CNCC1CCC(C)(C)CO1.Cl. The number of likely N-dealkylation sites (N-methyl/N-ethyl adjacent to an activating group) is 1. The van der Waals surface area contributed by atoms with Crippen molar-refractivity contribution in [3.8, 4) is 0 Å². The van der Waals surface area contributed by atoms with E-state index in [-0.39, 0.29) is 12.4 Å². The topological polar surface area (TPSA) is 21.3 Å². The molecule has 12 heavy (non-hydrogen) atoms. The zero-order chi connectivity index (χ0) is 8.32. The average molecular weight is 194 g/mol. The maximum atomic E-state index is 5.67. The van der Waals surface area contributed by atoms with E-state index < -0.39 is 0 Å². The molecule has 2 nitrogen and oxygen atoms in total. The zero-order valence-electron chi connectivity index (χ0n) is 8.22. The van der Waals surface area contributed by atoms with Crippen LogP contribution in [0.25, 0.3) is 0 Å². The van der Waals surface area contributed by atoms with Crippen molar-refractivity contribution < 1.29 is 4.74 Å². The molecule has 1 saturated heterocycles. The van der Waals surface area contributed by atoms with E-state index in [9.17, 15) is 0 Å². The molecular formula is C9H20ClNO. The summed E-state index contributed by atoms with van der Waals surface area (Å²) in [5, 5.41) is 3.14. The van der Waals surface area contributed by atoms with Crippen LogP contribution in [-0.4, -0.2) is 26.3 Å². The largest absolute Gasteiger partial charge is 0.376 e. The lowest BCUT2D eigenvalue weighted by Gasteiger charge is -2.34. The van der Waals surface area contributed by atoms with Crippen molar-refractivity contribution >= 4 is 12.4 Å². The zero-order valence-corrected chi connectivity index (χ0v) is 9.04. The molecule has 1 fully saturated rings. The van der Waals surface area contributed by atoms with Crippen LogP contribution >= 0.6 is 12.4 Å². The fourth-order valence-corrected chi connectivity index (χ4v) is 1.44. The Morgan fingerprint density at radius 1 is 1.50 bits per heavy atom. The second-order valence-corrected chi connectivity index (χ2v) is 4.19. The molecule has 1 unspecified atom stereocenters. The maximum Gasteiger partial charge on any atom is 0.0699 e. The lowest BCUT2D eigenvalue weighted by atomic mass is 9.85. The molecule has 0 amide bonds. The van der Waals surface area contributed by atoms with E-state index in [2.05, 4.69) is 19.2 Å². The van der Waals surface area contributed by atoms with Crippen molar-refractivity contribution in [1.29, 1.82) is 0 Å². The molecule has 0 bridgehead atoms. The van der Waals surface area contributed by atoms with Crippen molar-refractivity contribution in [1.82, 2.24) is 5.32 Å². The van der Waals surface area contributed by atoms with Crippen molar-refractivity contribution in [3.63, 3.8) is 0 Å². The molecule has 1 aliphatic rings. The summed E-state index contributed by atoms with van der Waals surface area (Å²) in [4.78, 5) is 0. The molecule has 0 aliphatic carbocycles. The van der Waals surface area contributed by atoms with E-state index in [1.807, 2.05) is 7.05 Å². The Morgan fingerprint density at radius 3 is 2.58 bits per heavy atom. The smallest absolute Gasteiger partial charge is 0.0699 e. The van der Waals surface area contributed by atoms with Crippen LogP contribution in [0.2, 0.25) is 0 Å². The highest BCUT2D eigenvalue weighted by Gasteiger charge is 2.26. The Hall–Kier alpha value is 0.210. The summed E-state index contributed by atoms with van der Waals surface area (Å²) in [7, 11) is 1.98. The quantitative estimate of drug-likeness (QED) is 0.723. The van der Waals surface area contributed by atoms with Gasteiger partial charge in [-0.3, -0.25) is 0 Å². The molecule has 74 valence electrons. The molecule has 1 rings (SSSR count). The van der Waals surface area contributed by atoms with Crippen LogP contribution in [0.4, 0.5) is 0 Å². The van der Waals surface area contributed by atoms with Gasteiger partial charge in [-0.15, -0.1) is 12.4 Å². The lowest BCUT2D eigenvalue weighted by Crippen LogP contribution is -2.36. The molecule has 1 heterocycles. The van der Waals surface area contributed by atoms with Crippen LogP contribution in [0.5, 0.6) is 0 Å². The molecule has 0 aromatic rings. The van der Waals surface area contributed by atoms with E-state index in [0.717, 1.165) is 13.2 Å². The van der Waals surface area contributed by atoms with Crippen LogP contribution < -0.4 is 5.32 Å². The molecular weight excluding hydrogens is 174 g/mol. The Balaban J connectivity index is 0.00000121. The minimum atomic E-state index is 0. The Labute approximate surface area is 81.5 Å². The molecule has 1 atom stereocenters. The standard InChI is InChI=1S/C9H19NO.ClH/c1-9(2)5-4-8(6-10-3)11-7-9;/h8,10H,4-7H2,1-3H3;1H. The van der Waals surface area contributed by atoms with Crippen molar-refractivity contribution in [2.45, 2.75) is 32.8 Å². The molecule has 0 radical (unpaired) electrons. The predicted molar refractivity (Wildman–Crippen MR) is 53.9 cm³/mol. The van der Waals surface area contributed by atoms with Gasteiger partial charge in [-0.25, -0.2) is 0 Å². The molecule has 0 saturated carbocycles. The summed E-state index contributed by atoms with van der Waals surface area (Å²) < 4.78 is 5.67. The van der Waals surface area contributed by atoms with Gasteiger partial charge in [-0.1, -0.05) is 13.8 Å². The summed E-state index contributed by atoms with van der Waals surface area (Å²) in [6.45, 7) is 6.45. The van der Waals surface area contributed by atoms with Gasteiger partial charge in [0.2, 0.25) is 0 Å². The second-order valence-electron chi connectivity index (χ2n) is 4.19. The van der Waals surface area contributed by atoms with E-state index in [1.54, 1.807) is 0 Å². The van der Waals surface area contributed by atoms with Gasteiger partial charge < -0.3 is 10.1 Å². The van der Waals surface area contributed by atoms with Gasteiger partial charge in [0.15, 0.2) is 0 Å². The number of nitrogens with one attached hydrogen (secondary N) is 1. The minimum absolute atomic E-state index is 0. The first-order chi connectivity index (χ1) is 5.14. The third kappa shape index (κ3) is 3.74. The molecule has 1 aliphatic heterocycles. The molecule has 0 aromatic heterocycles. The van der Waals surface area contributed by atoms with Crippen LogP contribution in [0, 0.1) is 5.41 Å². The number of hydrogen-bond donors (Lipinski definition) is 1. The van der Waals surface area contributed by atoms with Gasteiger partial charge in [0.1, 0.15) is 0 Å². The van der Waals surface area contributed by atoms with Crippen LogP contribution in [-0.2, 0) is 4.74 Å². The third-order valence-corrected chi connectivity index (χ3v) is 2.28. The van der Waals surface area contributed by atoms with E-state index in [1.165, 1.54) is 12.8 Å². The van der Waals surface area contributed by atoms with Gasteiger partial charge in [0, 0.05) is 6.54 Å². The van der Waals surface area contributed by atoms with E-state index in [0.29, 0.717) is 11.5 Å². The highest BCUT2D eigenvalue weighted by Crippen LogP contribution is 2.29. The first kappa shape index (κ1) is 12.2. The number of rotatable bonds is 2. The van der Waals surface area contributed by atoms with E-state index >= 15 is 0 Å². The first-order valence-electron chi connectivity index (χ1n) is 4.40. The van der Waals surface area contributed by atoms with Crippen LogP contribution in [0.15, 0.2) is 0 Å². The first-order valence-corrected chi connectivity index (χ1v) is 4.40. The molecule has 3 heteroatoms. The highest BCUT2D eigenvalue weighted by molar-refractivity contribution is 5.85. The molecule has 0 spiro atoms. The Morgan fingerprint density at radius 2 is 2.17 bits per heavy atom. The summed E-state index contributed by atoms with van der Waals surface area (Å²) >= 11 is 0. The number of hydrogen-bond acceptors (Lipinski definition) is 2. The summed E-state index contributed by atoms with van der Waals surface area (Å²) in [5.41, 5.74) is 0.407. The lowest BCUT2D eigenvalue weighted by molar-refractivity contribution is -0.0459. The van der Waals surface area contributed by atoms with Crippen molar-refractivity contribution in [2.75, 3.05) is 20.2 Å². The van der Waals surface area contributed by atoms with Crippen molar-refractivity contribution in [3.05, 3.63) is 0 Å². The Bertz CT molecular complexity index is 118. The third-order valence-electron chi connectivity index (χ3n) is 2.28. The van der Waals surface area contributed by atoms with Crippen LogP contribution in [0.1, 0.15) is 26.7 Å². The predicted octanol–water partition coefficient (Wildman–Crippen LogP) is 1.83. The summed E-state index contributed by atoms with van der Waals surface area (Å²) in [6.07, 6.45) is 2.95. The van der Waals surface area contributed by atoms with Gasteiger partial charge in [-0.05, 0) is 25.3 Å². The van der Waals surface area contributed by atoms with Gasteiger partial charge in [-0.2, -0.15) is 0 Å². The fraction of sp³-hybridized carbons (Fsp3) is 1.00. The molecule has 1 N–H and O–H groups in total. The van der Waals surface area contributed by atoms with Gasteiger partial charge >= 0.3 is 0 Å². The maximum absolute atomic E-state index is 5.67. The second kappa shape index (κ2) is 5.05. The van der Waals surface area contributed by atoms with Crippen molar-refractivity contribution in [2.24, 2.45) is 5.41 Å². The van der Waals surface area contributed by atoms with E-state index in [4.69, 9.17) is 4.74 Å². The average Bonchev–Trinajstić information content (AvgIpc) is 1.94. The highest BCUT2D eigenvalue weighted by atomic mass is 35.5. The number of ether oxygens (including phenoxy) is 1. The fourth-order valence-electron chi connectivity index (χ4n) is 1.44. The summed E-state index contributed by atoms with van der Waals surface area (Å²) in [5.74, 6) is 0. The Kier molecular flexibility index (Phi) is 5.14. The normalized spacial score (nSPS) is 27.8. The number of halogens is 1. The van der Waals surface area contributed by atoms with Crippen LogP contribution in [0.3, 0.4) is 0 Å². The minimum Gasteiger partial charge on any atom is -0.376 e. The van der Waals surface area contributed by atoms with Gasteiger partial charge in [0.25, 0.3) is 0 Å².